The van der Waals surface area contributed by atoms with Gasteiger partial charge in [-0.2, -0.15) is 0 Å². The molecule has 0 aliphatic heterocycles. The molecule has 0 saturated heterocycles. The van der Waals surface area contributed by atoms with E-state index in [1.54, 1.807) is 12.1 Å². The third-order valence-electron chi connectivity index (χ3n) is 2.75. The van der Waals surface area contributed by atoms with E-state index in [0.717, 1.165) is 11.1 Å². The van der Waals surface area contributed by atoms with Crippen molar-refractivity contribution >= 4 is 29.1 Å². The highest BCUT2D eigenvalue weighted by Gasteiger charge is 2.17. The van der Waals surface area contributed by atoms with Crippen LogP contribution in [0.4, 0.5) is 0 Å². The highest BCUT2D eigenvalue weighted by molar-refractivity contribution is 6.31. The lowest BCUT2D eigenvalue weighted by molar-refractivity contribution is -0.119. The first-order valence-electron chi connectivity index (χ1n) is 5.85. The fourth-order valence-electron chi connectivity index (χ4n) is 1.94. The van der Waals surface area contributed by atoms with Crippen molar-refractivity contribution in [1.82, 2.24) is 5.32 Å². The molecule has 1 N–H and O–H groups in total. The van der Waals surface area contributed by atoms with Crippen molar-refractivity contribution in [2.24, 2.45) is 0 Å². The maximum Gasteiger partial charge on any atom is 0.217 e. The van der Waals surface area contributed by atoms with Crippen LogP contribution in [0.2, 0.25) is 10.0 Å². The number of benzene rings is 2. The predicted octanol–water partition coefficient (Wildman–Crippen LogP) is 4.22. The lowest BCUT2D eigenvalue weighted by Crippen LogP contribution is -2.27. The van der Waals surface area contributed by atoms with Gasteiger partial charge in [0.2, 0.25) is 5.91 Å². The van der Waals surface area contributed by atoms with Crippen LogP contribution in [-0.4, -0.2) is 5.91 Å². The second kappa shape index (κ2) is 6.09. The summed E-state index contributed by atoms with van der Waals surface area (Å²) < 4.78 is 0. The summed E-state index contributed by atoms with van der Waals surface area (Å²) in [7, 11) is 0. The van der Waals surface area contributed by atoms with E-state index in [1.807, 2.05) is 36.4 Å². The molecule has 19 heavy (non-hydrogen) atoms. The quantitative estimate of drug-likeness (QED) is 0.902. The van der Waals surface area contributed by atoms with Crippen molar-refractivity contribution in [1.29, 1.82) is 0 Å². The highest BCUT2D eigenvalue weighted by Crippen LogP contribution is 2.29. The van der Waals surface area contributed by atoms with Crippen LogP contribution in [0.15, 0.2) is 48.5 Å². The van der Waals surface area contributed by atoms with E-state index in [1.165, 1.54) is 6.92 Å². The van der Waals surface area contributed by atoms with Gasteiger partial charge in [0, 0.05) is 17.0 Å². The summed E-state index contributed by atoms with van der Waals surface area (Å²) in [6.07, 6.45) is 0. The Labute approximate surface area is 122 Å². The molecular formula is C15H13Cl2NO. The Morgan fingerprint density at radius 1 is 1.11 bits per heavy atom. The first-order chi connectivity index (χ1) is 9.08. The van der Waals surface area contributed by atoms with E-state index in [-0.39, 0.29) is 11.9 Å². The molecule has 1 atom stereocenters. The van der Waals surface area contributed by atoms with Gasteiger partial charge in [-0.25, -0.2) is 0 Å². The number of hydrogen-bond acceptors (Lipinski definition) is 1. The van der Waals surface area contributed by atoms with Gasteiger partial charge in [0.25, 0.3) is 0 Å². The van der Waals surface area contributed by atoms with Crippen LogP contribution in [0, 0.1) is 0 Å². The van der Waals surface area contributed by atoms with Crippen molar-refractivity contribution in [3.8, 4) is 0 Å². The maximum absolute atomic E-state index is 11.4. The summed E-state index contributed by atoms with van der Waals surface area (Å²) in [6.45, 7) is 1.48. The minimum absolute atomic E-state index is 0.120. The van der Waals surface area contributed by atoms with Gasteiger partial charge in [-0.1, -0.05) is 53.5 Å². The van der Waals surface area contributed by atoms with E-state index >= 15 is 0 Å². The molecule has 2 aromatic carbocycles. The van der Waals surface area contributed by atoms with E-state index < -0.39 is 0 Å². The Bertz CT molecular complexity index is 598. The zero-order valence-electron chi connectivity index (χ0n) is 10.4. The number of carbonyl (C=O) groups excluding carboxylic acids is 1. The molecule has 1 amide bonds. The van der Waals surface area contributed by atoms with E-state index in [0.29, 0.717) is 10.0 Å². The monoisotopic (exact) mass is 293 g/mol. The van der Waals surface area contributed by atoms with E-state index in [2.05, 4.69) is 5.32 Å². The summed E-state index contributed by atoms with van der Waals surface area (Å²) in [5, 5.41) is 4.14. The van der Waals surface area contributed by atoms with Crippen LogP contribution in [0.25, 0.3) is 0 Å². The van der Waals surface area contributed by atoms with Crippen molar-refractivity contribution in [3.63, 3.8) is 0 Å². The molecule has 2 rings (SSSR count). The SMILES string of the molecule is CC(=O)NC(c1cccc(Cl)c1)c1ccccc1Cl. The first kappa shape index (κ1) is 13.9. The molecule has 0 bridgehead atoms. The molecule has 2 aromatic rings. The standard InChI is InChI=1S/C15H13Cl2NO/c1-10(19)18-15(11-5-4-6-12(16)9-11)13-7-2-3-8-14(13)17/h2-9,15H,1H3,(H,18,19). The summed E-state index contributed by atoms with van der Waals surface area (Å²) in [5.74, 6) is -0.120. The molecule has 0 spiro atoms. The second-order valence-corrected chi connectivity index (χ2v) is 5.05. The number of nitrogens with one attached hydrogen (secondary N) is 1. The third kappa shape index (κ3) is 3.49. The summed E-state index contributed by atoms with van der Waals surface area (Å²) in [6, 6.07) is 14.5. The van der Waals surface area contributed by atoms with Crippen LogP contribution in [-0.2, 0) is 4.79 Å². The van der Waals surface area contributed by atoms with Crippen LogP contribution >= 0.6 is 23.2 Å². The fourth-order valence-corrected chi connectivity index (χ4v) is 2.38. The molecule has 0 heterocycles. The summed E-state index contributed by atoms with van der Waals surface area (Å²) >= 11 is 12.2. The number of amides is 1. The molecule has 98 valence electrons. The molecule has 1 unspecified atom stereocenters. The topological polar surface area (TPSA) is 29.1 Å². The van der Waals surface area contributed by atoms with Gasteiger partial charge in [0.05, 0.1) is 6.04 Å². The average Bonchev–Trinajstić information content (AvgIpc) is 2.37. The van der Waals surface area contributed by atoms with Gasteiger partial charge >= 0.3 is 0 Å². The van der Waals surface area contributed by atoms with Crippen molar-refractivity contribution in [2.45, 2.75) is 13.0 Å². The molecule has 2 nitrogen and oxygen atoms in total. The van der Waals surface area contributed by atoms with Crippen LogP contribution in [0.5, 0.6) is 0 Å². The number of carbonyl (C=O) groups is 1. The van der Waals surface area contributed by atoms with Gasteiger partial charge in [-0.05, 0) is 29.3 Å². The summed E-state index contributed by atoms with van der Waals surface area (Å²) in [4.78, 5) is 11.4. The van der Waals surface area contributed by atoms with E-state index in [9.17, 15) is 4.79 Å². The fraction of sp³-hybridized carbons (Fsp3) is 0.133. The molecular weight excluding hydrogens is 281 g/mol. The largest absolute Gasteiger partial charge is 0.345 e. The van der Waals surface area contributed by atoms with Crippen LogP contribution in [0.1, 0.15) is 24.1 Å². The second-order valence-electron chi connectivity index (χ2n) is 4.21. The Balaban J connectivity index is 2.47. The first-order valence-corrected chi connectivity index (χ1v) is 6.60. The molecule has 0 aliphatic carbocycles. The summed E-state index contributed by atoms with van der Waals surface area (Å²) in [5.41, 5.74) is 1.75. The van der Waals surface area contributed by atoms with Gasteiger partial charge in [0.15, 0.2) is 0 Å². The number of rotatable bonds is 3. The van der Waals surface area contributed by atoms with E-state index in [4.69, 9.17) is 23.2 Å². The number of hydrogen-bond donors (Lipinski definition) is 1. The zero-order chi connectivity index (χ0) is 13.8. The minimum atomic E-state index is -0.301. The number of halogens is 2. The van der Waals surface area contributed by atoms with Gasteiger partial charge in [-0.3, -0.25) is 4.79 Å². The average molecular weight is 294 g/mol. The third-order valence-corrected chi connectivity index (χ3v) is 3.33. The Morgan fingerprint density at radius 3 is 2.47 bits per heavy atom. The Morgan fingerprint density at radius 2 is 1.84 bits per heavy atom. The maximum atomic E-state index is 11.4. The molecule has 0 saturated carbocycles. The smallest absolute Gasteiger partial charge is 0.217 e. The zero-order valence-corrected chi connectivity index (χ0v) is 11.9. The Hall–Kier alpha value is -1.51. The van der Waals surface area contributed by atoms with Crippen molar-refractivity contribution in [2.75, 3.05) is 0 Å². The molecule has 0 aromatic heterocycles. The van der Waals surface area contributed by atoms with Gasteiger partial charge in [-0.15, -0.1) is 0 Å². The van der Waals surface area contributed by atoms with Crippen molar-refractivity contribution in [3.05, 3.63) is 69.7 Å². The van der Waals surface area contributed by atoms with Gasteiger partial charge < -0.3 is 5.32 Å². The molecule has 0 aliphatic rings. The normalized spacial score (nSPS) is 11.9. The van der Waals surface area contributed by atoms with Crippen LogP contribution < -0.4 is 5.32 Å². The lowest BCUT2D eigenvalue weighted by Gasteiger charge is -2.20. The molecule has 0 radical (unpaired) electrons. The Kier molecular flexibility index (Phi) is 4.46. The minimum Gasteiger partial charge on any atom is -0.345 e. The van der Waals surface area contributed by atoms with Crippen LogP contribution in [0.3, 0.4) is 0 Å². The lowest BCUT2D eigenvalue weighted by atomic mass is 9.98. The molecule has 0 fully saturated rings. The van der Waals surface area contributed by atoms with Crippen molar-refractivity contribution < 1.29 is 4.79 Å². The van der Waals surface area contributed by atoms with Gasteiger partial charge in [0.1, 0.15) is 0 Å². The molecule has 4 heteroatoms. The highest BCUT2D eigenvalue weighted by atomic mass is 35.5. The predicted molar refractivity (Wildman–Crippen MR) is 78.6 cm³/mol.